The fourth-order valence-electron chi connectivity index (χ4n) is 0.132. The van der Waals surface area contributed by atoms with Crippen molar-refractivity contribution in [2.75, 3.05) is 0 Å². The van der Waals surface area contributed by atoms with Crippen molar-refractivity contribution in [1.82, 2.24) is 4.72 Å². The third-order valence-corrected chi connectivity index (χ3v) is 0.694. The number of rotatable bonds is 0. The van der Waals surface area contributed by atoms with Gasteiger partial charge in [0, 0.05) is 0 Å². The first kappa shape index (κ1) is 3.03. The second-order valence-corrected chi connectivity index (χ2v) is 1.19. The lowest BCUT2D eigenvalue weighted by Gasteiger charge is -1.72. The van der Waals surface area contributed by atoms with Crippen LogP contribution in [0.4, 0.5) is 0 Å². The molecule has 0 unspecified atom stereocenters. The Morgan fingerprint density at radius 2 is 3.00 bits per heavy atom. The fourth-order valence-corrected chi connectivity index (χ4v) is 0.395. The van der Waals surface area contributed by atoms with Crippen LogP contribution in [-0.2, 0) is 0 Å². The molecule has 0 amide bonds. The van der Waals surface area contributed by atoms with E-state index in [9.17, 15) is 0 Å². The van der Waals surface area contributed by atoms with Crippen molar-refractivity contribution in [3.8, 4) is 0 Å². The molecule has 2 radical (unpaired) electrons. The van der Waals surface area contributed by atoms with Crippen molar-refractivity contribution in [2.45, 2.75) is 0 Å². The van der Waals surface area contributed by atoms with Gasteiger partial charge in [-0.05, 0) is 11.9 Å². The van der Waals surface area contributed by atoms with Crippen molar-refractivity contribution in [2.24, 2.45) is 4.99 Å². The van der Waals surface area contributed by atoms with Gasteiger partial charge >= 0.3 is 0 Å². The summed E-state index contributed by atoms with van der Waals surface area (Å²) >= 11 is 1.35. The zero-order valence-electron chi connectivity index (χ0n) is 2.43. The van der Waals surface area contributed by atoms with Gasteiger partial charge in [-0.1, -0.05) is 0 Å². The average molecular weight is 86.1 g/mol. The van der Waals surface area contributed by atoms with Crippen LogP contribution in [0.1, 0.15) is 0 Å². The number of aliphatic imine (C=N–C) groups is 1. The Hall–Kier alpha value is -0.180. The van der Waals surface area contributed by atoms with Crippen LogP contribution in [0.2, 0.25) is 0 Å². The Bertz CT molecular complexity index is 45.6. The first-order valence-corrected chi connectivity index (χ1v) is 2.00. The predicted molar refractivity (Wildman–Crippen MR) is 22.5 cm³/mol. The van der Waals surface area contributed by atoms with E-state index in [1.807, 2.05) is 0 Å². The average Bonchev–Trinajstić information content (AvgIpc) is 1.76. The summed E-state index contributed by atoms with van der Waals surface area (Å²) in [4.78, 5) is 3.56. The largest absolute Gasteiger partial charge is 0.319 e. The highest BCUT2D eigenvalue weighted by Crippen LogP contribution is 2.01. The quantitative estimate of drug-likeness (QED) is 0.428. The highest BCUT2D eigenvalue weighted by atomic mass is 32.2. The second-order valence-electron chi connectivity index (χ2n) is 0.569. The molecule has 1 N–H and O–H groups in total. The number of hydrogen-bond donors (Lipinski definition) is 1. The van der Waals surface area contributed by atoms with Gasteiger partial charge in [0.25, 0.3) is 0 Å². The smallest absolute Gasteiger partial charge is 0.205 e. The molecule has 0 aliphatic carbocycles. The molecule has 0 saturated heterocycles. The summed E-state index contributed by atoms with van der Waals surface area (Å²) in [5.41, 5.74) is 0. The molecule has 1 heterocycles. The van der Waals surface area contributed by atoms with Crippen LogP contribution < -0.4 is 4.72 Å². The van der Waals surface area contributed by atoms with E-state index in [-0.39, 0.29) is 0 Å². The lowest BCUT2D eigenvalue weighted by atomic mass is 11.3. The molecule has 0 aromatic heterocycles. The maximum Gasteiger partial charge on any atom is 0.205 e. The monoisotopic (exact) mass is 86.0 g/mol. The molecule has 0 atom stereocenters. The molecule has 1 rings (SSSR count). The van der Waals surface area contributed by atoms with Crippen LogP contribution in [0, 0.1) is 5.88 Å². The van der Waals surface area contributed by atoms with Gasteiger partial charge in [-0.2, -0.15) is 0 Å². The minimum atomic E-state index is 1.35. The van der Waals surface area contributed by atoms with Crippen molar-refractivity contribution in [3.63, 3.8) is 0 Å². The lowest BCUT2D eigenvalue weighted by Crippen LogP contribution is -1.87. The molecule has 1 aliphatic heterocycles. The van der Waals surface area contributed by atoms with Crippen molar-refractivity contribution in [3.05, 3.63) is 5.88 Å². The van der Waals surface area contributed by atoms with Crippen LogP contribution in [-0.4, -0.2) is 6.34 Å². The maximum absolute atomic E-state index is 3.56. The molecule has 0 fully saturated rings. The molecule has 5 heavy (non-hydrogen) atoms. The van der Waals surface area contributed by atoms with E-state index in [0.717, 1.165) is 0 Å². The minimum Gasteiger partial charge on any atom is -0.319 e. The summed E-state index contributed by atoms with van der Waals surface area (Å²) in [5.74, 6) is 2.60. The molecular formula is C2H2N2S. The zero-order valence-corrected chi connectivity index (χ0v) is 3.25. The lowest BCUT2D eigenvalue weighted by molar-refractivity contribution is 1.56. The van der Waals surface area contributed by atoms with Gasteiger partial charge in [0.15, 0.2) is 0 Å². The van der Waals surface area contributed by atoms with Gasteiger partial charge in [0.05, 0.1) is 6.34 Å². The van der Waals surface area contributed by atoms with Crippen molar-refractivity contribution >= 4 is 18.3 Å². The highest BCUT2D eigenvalue weighted by molar-refractivity contribution is 8.00. The molecule has 0 spiro atoms. The van der Waals surface area contributed by atoms with Gasteiger partial charge in [-0.15, -0.1) is 0 Å². The third kappa shape index (κ3) is 0.545. The third-order valence-electron chi connectivity index (χ3n) is 0.275. The summed E-state index contributed by atoms with van der Waals surface area (Å²) in [7, 11) is 0. The van der Waals surface area contributed by atoms with Gasteiger partial charge in [-0.3, -0.25) is 0 Å². The Morgan fingerprint density at radius 3 is 3.20 bits per heavy atom. The maximum atomic E-state index is 3.56. The second kappa shape index (κ2) is 1.31. The highest BCUT2D eigenvalue weighted by Gasteiger charge is 1.86. The first-order valence-electron chi connectivity index (χ1n) is 1.18. The van der Waals surface area contributed by atoms with E-state index in [2.05, 4.69) is 15.6 Å². The van der Waals surface area contributed by atoms with E-state index in [1.165, 1.54) is 11.9 Å². The molecular weight excluding hydrogens is 84.1 g/mol. The minimum absolute atomic E-state index is 1.35. The SMILES string of the molecule is [C]1N=CNS1. The van der Waals surface area contributed by atoms with E-state index in [0.29, 0.717) is 0 Å². The normalized spacial score (nSPS) is 19.2. The molecule has 0 aromatic carbocycles. The van der Waals surface area contributed by atoms with E-state index in [1.54, 1.807) is 6.34 Å². The van der Waals surface area contributed by atoms with Crippen molar-refractivity contribution < 1.29 is 0 Å². The molecule has 0 aromatic rings. The molecule has 3 heteroatoms. The van der Waals surface area contributed by atoms with Gasteiger partial charge in [0.1, 0.15) is 0 Å². The Balaban J connectivity index is 2.32. The van der Waals surface area contributed by atoms with Gasteiger partial charge in [-0.25, -0.2) is 4.99 Å². The topological polar surface area (TPSA) is 24.4 Å². The molecule has 2 nitrogen and oxygen atoms in total. The Morgan fingerprint density at radius 1 is 2.00 bits per heavy atom. The van der Waals surface area contributed by atoms with Crippen LogP contribution >= 0.6 is 11.9 Å². The first-order chi connectivity index (χ1) is 2.50. The van der Waals surface area contributed by atoms with Crippen LogP contribution in [0.15, 0.2) is 4.99 Å². The molecule has 26 valence electrons. The molecule has 1 aliphatic rings. The van der Waals surface area contributed by atoms with Gasteiger partial charge in [0.2, 0.25) is 5.88 Å². The summed E-state index contributed by atoms with van der Waals surface area (Å²) in [5, 5.41) is 0. The van der Waals surface area contributed by atoms with Crippen LogP contribution in [0.3, 0.4) is 0 Å². The van der Waals surface area contributed by atoms with Crippen molar-refractivity contribution in [1.29, 1.82) is 0 Å². The van der Waals surface area contributed by atoms with Crippen LogP contribution in [0.25, 0.3) is 0 Å². The number of hydrogen-bond acceptors (Lipinski definition) is 3. The van der Waals surface area contributed by atoms with E-state index >= 15 is 0 Å². The predicted octanol–water partition coefficient (Wildman–Crippen LogP) is 0.262. The van der Waals surface area contributed by atoms with E-state index < -0.39 is 0 Å². The molecule has 0 saturated carbocycles. The fraction of sp³-hybridized carbons (Fsp3) is 0. The molecule has 0 bridgehead atoms. The summed E-state index contributed by atoms with van der Waals surface area (Å²) in [6.07, 6.45) is 1.59. The Kier molecular flexibility index (Phi) is 0.792. The standard InChI is InChI=1S/C2H2N2S/c1-3-2-5-4-1/h1,4H. The van der Waals surface area contributed by atoms with E-state index in [4.69, 9.17) is 0 Å². The summed E-state index contributed by atoms with van der Waals surface area (Å²) in [6, 6.07) is 0. The number of nitrogens with one attached hydrogen (secondary N) is 1. The number of nitrogens with zero attached hydrogens (tertiary/aromatic N) is 1. The Labute approximate surface area is 34.8 Å². The zero-order chi connectivity index (χ0) is 3.54. The summed E-state index contributed by atoms with van der Waals surface area (Å²) < 4.78 is 2.74. The van der Waals surface area contributed by atoms with Gasteiger partial charge < -0.3 is 4.72 Å². The van der Waals surface area contributed by atoms with Crippen LogP contribution in [0.5, 0.6) is 0 Å². The summed E-state index contributed by atoms with van der Waals surface area (Å²) in [6.45, 7) is 0.